The summed E-state index contributed by atoms with van der Waals surface area (Å²) in [6.07, 6.45) is 5.29. The summed E-state index contributed by atoms with van der Waals surface area (Å²) < 4.78 is 0. The van der Waals surface area contributed by atoms with E-state index >= 15 is 0 Å². The van der Waals surface area contributed by atoms with E-state index in [0.29, 0.717) is 0 Å². The van der Waals surface area contributed by atoms with Crippen LogP contribution in [0.4, 0.5) is 0 Å². The third kappa shape index (κ3) is 2.12. The highest BCUT2D eigenvalue weighted by atomic mass is 15.2. The van der Waals surface area contributed by atoms with Crippen LogP contribution in [-0.4, -0.2) is 30.6 Å². The van der Waals surface area contributed by atoms with Gasteiger partial charge in [0.2, 0.25) is 0 Å². The van der Waals surface area contributed by atoms with E-state index in [1.165, 1.54) is 44.3 Å². The zero-order valence-electron chi connectivity index (χ0n) is 10.4. The maximum Gasteiger partial charge on any atom is 0.00998 e. The maximum absolute atomic E-state index is 6.09. The molecule has 92 valence electrons. The summed E-state index contributed by atoms with van der Waals surface area (Å²) in [6, 6.07) is 11.8. The Labute approximate surface area is 104 Å². The van der Waals surface area contributed by atoms with Crippen molar-refractivity contribution >= 4 is 0 Å². The van der Waals surface area contributed by atoms with Gasteiger partial charge in [0, 0.05) is 18.0 Å². The second kappa shape index (κ2) is 4.43. The van der Waals surface area contributed by atoms with Crippen molar-refractivity contribution in [3.63, 3.8) is 0 Å². The molecule has 1 aromatic rings. The van der Waals surface area contributed by atoms with Crippen molar-refractivity contribution in [2.24, 2.45) is 5.73 Å². The lowest BCUT2D eigenvalue weighted by atomic mass is 9.73. The standard InChI is InChI=1S/C15H22N2/c16-12-15(13-4-2-1-3-5-13)8-10-17(11-9-15)14-6-7-14/h1-5,14H,6-12,16H2. The second-order valence-electron chi connectivity index (χ2n) is 5.62. The summed E-state index contributed by atoms with van der Waals surface area (Å²) in [5.41, 5.74) is 7.77. The van der Waals surface area contributed by atoms with Gasteiger partial charge in [0.05, 0.1) is 0 Å². The molecule has 17 heavy (non-hydrogen) atoms. The van der Waals surface area contributed by atoms with Gasteiger partial charge in [-0.3, -0.25) is 0 Å². The molecule has 0 bridgehead atoms. The zero-order chi connectivity index (χ0) is 11.7. The molecular formula is C15H22N2. The van der Waals surface area contributed by atoms with Crippen molar-refractivity contribution in [3.8, 4) is 0 Å². The second-order valence-corrected chi connectivity index (χ2v) is 5.62. The lowest BCUT2D eigenvalue weighted by Gasteiger charge is -2.41. The molecule has 0 spiro atoms. The Morgan fingerprint density at radius 3 is 2.29 bits per heavy atom. The predicted molar refractivity (Wildman–Crippen MR) is 71.0 cm³/mol. The van der Waals surface area contributed by atoms with Gasteiger partial charge >= 0.3 is 0 Å². The predicted octanol–water partition coefficient (Wildman–Crippen LogP) is 2.14. The molecule has 1 aliphatic carbocycles. The number of piperidine rings is 1. The van der Waals surface area contributed by atoms with E-state index in [-0.39, 0.29) is 5.41 Å². The molecule has 0 atom stereocenters. The molecule has 2 nitrogen and oxygen atoms in total. The van der Waals surface area contributed by atoms with E-state index in [9.17, 15) is 0 Å². The van der Waals surface area contributed by atoms with Crippen LogP contribution < -0.4 is 5.73 Å². The summed E-state index contributed by atoms with van der Waals surface area (Å²) in [5.74, 6) is 0. The molecule has 2 N–H and O–H groups in total. The molecular weight excluding hydrogens is 208 g/mol. The number of nitrogens with two attached hydrogens (primary N) is 1. The van der Waals surface area contributed by atoms with E-state index in [4.69, 9.17) is 5.73 Å². The van der Waals surface area contributed by atoms with Gasteiger partial charge in [-0.15, -0.1) is 0 Å². The molecule has 1 aromatic carbocycles. The quantitative estimate of drug-likeness (QED) is 0.862. The minimum atomic E-state index is 0.243. The van der Waals surface area contributed by atoms with Gasteiger partial charge in [-0.25, -0.2) is 0 Å². The lowest BCUT2D eigenvalue weighted by molar-refractivity contribution is 0.155. The maximum atomic E-state index is 6.09. The lowest BCUT2D eigenvalue weighted by Crippen LogP contribution is -2.47. The minimum Gasteiger partial charge on any atom is -0.330 e. The first-order valence-electron chi connectivity index (χ1n) is 6.84. The average Bonchev–Trinajstić information content (AvgIpc) is 3.24. The van der Waals surface area contributed by atoms with Gasteiger partial charge in [-0.1, -0.05) is 30.3 Å². The van der Waals surface area contributed by atoms with Crippen LogP contribution in [0.1, 0.15) is 31.2 Å². The van der Waals surface area contributed by atoms with Crippen LogP contribution in [0.25, 0.3) is 0 Å². The highest BCUT2D eigenvalue weighted by Gasteiger charge is 2.39. The van der Waals surface area contributed by atoms with Crippen LogP contribution in [0.2, 0.25) is 0 Å². The molecule has 1 heterocycles. The topological polar surface area (TPSA) is 29.3 Å². The summed E-state index contributed by atoms with van der Waals surface area (Å²) >= 11 is 0. The zero-order valence-corrected chi connectivity index (χ0v) is 10.4. The van der Waals surface area contributed by atoms with E-state index in [1.807, 2.05) is 0 Å². The summed E-state index contributed by atoms with van der Waals surface area (Å²) in [4.78, 5) is 2.66. The van der Waals surface area contributed by atoms with E-state index in [1.54, 1.807) is 0 Å². The van der Waals surface area contributed by atoms with Crippen LogP contribution >= 0.6 is 0 Å². The number of likely N-dealkylation sites (tertiary alicyclic amines) is 1. The van der Waals surface area contributed by atoms with Crippen molar-refractivity contribution in [3.05, 3.63) is 35.9 Å². The molecule has 2 aliphatic rings. The van der Waals surface area contributed by atoms with Gasteiger partial charge < -0.3 is 10.6 Å². The summed E-state index contributed by atoms with van der Waals surface area (Å²) in [7, 11) is 0. The van der Waals surface area contributed by atoms with Crippen molar-refractivity contribution in [2.75, 3.05) is 19.6 Å². The monoisotopic (exact) mass is 230 g/mol. The van der Waals surface area contributed by atoms with Gasteiger partial charge in [0.15, 0.2) is 0 Å². The molecule has 0 aromatic heterocycles. The summed E-state index contributed by atoms with van der Waals surface area (Å²) in [6.45, 7) is 3.25. The first kappa shape index (κ1) is 11.2. The molecule has 0 unspecified atom stereocenters. The van der Waals surface area contributed by atoms with Crippen LogP contribution in [0, 0.1) is 0 Å². The number of hydrogen-bond donors (Lipinski definition) is 1. The molecule has 0 amide bonds. The number of rotatable bonds is 3. The SMILES string of the molecule is NCC1(c2ccccc2)CCN(C2CC2)CC1. The van der Waals surface area contributed by atoms with Crippen LogP contribution in [0.5, 0.6) is 0 Å². The van der Waals surface area contributed by atoms with E-state index < -0.39 is 0 Å². The highest BCUT2D eigenvalue weighted by molar-refractivity contribution is 5.27. The average molecular weight is 230 g/mol. The highest BCUT2D eigenvalue weighted by Crippen LogP contribution is 2.38. The molecule has 3 rings (SSSR count). The molecule has 1 aliphatic heterocycles. The fourth-order valence-corrected chi connectivity index (χ4v) is 3.16. The Balaban J connectivity index is 1.75. The largest absolute Gasteiger partial charge is 0.330 e. The Morgan fingerprint density at radius 2 is 1.76 bits per heavy atom. The third-order valence-corrected chi connectivity index (χ3v) is 4.60. The van der Waals surface area contributed by atoms with E-state index in [0.717, 1.165) is 12.6 Å². The fraction of sp³-hybridized carbons (Fsp3) is 0.600. The van der Waals surface area contributed by atoms with Crippen LogP contribution in [-0.2, 0) is 5.41 Å². The van der Waals surface area contributed by atoms with Gasteiger partial charge in [0.1, 0.15) is 0 Å². The van der Waals surface area contributed by atoms with Gasteiger partial charge in [-0.2, -0.15) is 0 Å². The minimum absolute atomic E-state index is 0.243. The van der Waals surface area contributed by atoms with Gasteiger partial charge in [0.25, 0.3) is 0 Å². The Hall–Kier alpha value is -0.860. The Bertz CT molecular complexity index is 362. The third-order valence-electron chi connectivity index (χ3n) is 4.60. The first-order chi connectivity index (χ1) is 8.34. The molecule has 0 radical (unpaired) electrons. The normalized spacial score (nSPS) is 24.8. The summed E-state index contributed by atoms with van der Waals surface area (Å²) in [5, 5.41) is 0. The molecule has 1 saturated carbocycles. The van der Waals surface area contributed by atoms with Gasteiger partial charge in [-0.05, 0) is 44.3 Å². The first-order valence-corrected chi connectivity index (χ1v) is 6.84. The molecule has 1 saturated heterocycles. The fourth-order valence-electron chi connectivity index (χ4n) is 3.16. The Morgan fingerprint density at radius 1 is 1.12 bits per heavy atom. The van der Waals surface area contributed by atoms with Crippen LogP contribution in [0.3, 0.4) is 0 Å². The number of nitrogens with zero attached hydrogens (tertiary/aromatic N) is 1. The van der Waals surface area contributed by atoms with E-state index in [2.05, 4.69) is 35.2 Å². The number of benzene rings is 1. The molecule has 2 heteroatoms. The Kier molecular flexibility index (Phi) is 2.93. The van der Waals surface area contributed by atoms with Crippen molar-refractivity contribution in [2.45, 2.75) is 37.1 Å². The van der Waals surface area contributed by atoms with Crippen molar-refractivity contribution in [1.29, 1.82) is 0 Å². The smallest absolute Gasteiger partial charge is 0.00998 e. The van der Waals surface area contributed by atoms with Crippen molar-refractivity contribution in [1.82, 2.24) is 4.90 Å². The van der Waals surface area contributed by atoms with Crippen molar-refractivity contribution < 1.29 is 0 Å². The molecule has 2 fully saturated rings. The number of hydrogen-bond acceptors (Lipinski definition) is 2. The van der Waals surface area contributed by atoms with Crippen LogP contribution in [0.15, 0.2) is 30.3 Å².